The predicted molar refractivity (Wildman–Crippen MR) is 109 cm³/mol. The Morgan fingerprint density at radius 2 is 1.90 bits per heavy atom. The summed E-state index contributed by atoms with van der Waals surface area (Å²) in [7, 11) is 6.17. The van der Waals surface area contributed by atoms with Gasteiger partial charge in [-0.15, -0.1) is 0 Å². The minimum absolute atomic E-state index is 0.0309. The molecule has 1 aliphatic carbocycles. The largest absolute Gasteiger partial charge is 0.461 e. The van der Waals surface area contributed by atoms with E-state index in [1.165, 1.54) is 19.1 Å². The van der Waals surface area contributed by atoms with Crippen LogP contribution in [0.5, 0.6) is 5.75 Å². The third-order valence-electron chi connectivity index (χ3n) is 4.59. The van der Waals surface area contributed by atoms with Gasteiger partial charge in [0.05, 0.1) is 5.40 Å². The molecule has 2 unspecified atom stereocenters. The highest BCUT2D eigenvalue weighted by molar-refractivity contribution is 7.52. The maximum absolute atomic E-state index is 14.1. The van der Waals surface area contributed by atoms with Gasteiger partial charge >= 0.3 is 13.7 Å². The second-order valence-corrected chi connectivity index (χ2v) is 8.87. The van der Waals surface area contributed by atoms with Gasteiger partial charge < -0.3 is 19.5 Å². The van der Waals surface area contributed by atoms with Gasteiger partial charge in [-0.2, -0.15) is 5.09 Å². The van der Waals surface area contributed by atoms with Crippen molar-refractivity contribution in [1.82, 2.24) is 5.09 Å². The molecule has 2 rings (SSSR count). The number of carbonyl (C=O) groups excluding carboxylic acids is 1. The predicted octanol–water partition coefficient (Wildman–Crippen LogP) is 1.69. The van der Waals surface area contributed by atoms with E-state index in [1.54, 1.807) is 18.2 Å². The van der Waals surface area contributed by atoms with E-state index < -0.39 is 37.6 Å². The number of esters is 1. The molecule has 0 bridgehead atoms. The zero-order valence-corrected chi connectivity index (χ0v) is 17.6. The second kappa shape index (κ2) is 10.3. The molecule has 1 fully saturated rings. The van der Waals surface area contributed by atoms with Gasteiger partial charge in [-0.25, -0.2) is 8.96 Å². The van der Waals surface area contributed by atoms with Crippen LogP contribution in [0.25, 0.3) is 0 Å². The fourth-order valence-corrected chi connectivity index (χ4v) is 4.48. The summed E-state index contributed by atoms with van der Waals surface area (Å²) in [5.74, 6) is -4.35. The summed E-state index contributed by atoms with van der Waals surface area (Å²) >= 11 is 0. The smallest absolute Gasteiger partial charge is 0.458 e. The minimum Gasteiger partial charge on any atom is -0.461 e. The zero-order chi connectivity index (χ0) is 22.4. The first-order chi connectivity index (χ1) is 14.0. The molecule has 1 aromatic rings. The third kappa shape index (κ3) is 6.82. The first-order valence-electron chi connectivity index (χ1n) is 9.62. The van der Waals surface area contributed by atoms with Crippen molar-refractivity contribution in [2.24, 2.45) is 0 Å². The van der Waals surface area contributed by atoms with E-state index in [0.29, 0.717) is 0 Å². The quantitative estimate of drug-likeness (QED) is 0.287. The average Bonchev–Trinajstić information content (AvgIpc) is 2.68. The van der Waals surface area contributed by atoms with Crippen molar-refractivity contribution in [3.8, 4) is 5.75 Å². The number of hydrogen-bond donors (Lipinski definition) is 3. The number of para-hydroxylation sites is 1. The van der Waals surface area contributed by atoms with Crippen LogP contribution in [0.4, 0.5) is 4.39 Å². The highest BCUT2D eigenvalue weighted by Gasteiger charge is 2.49. The summed E-state index contributed by atoms with van der Waals surface area (Å²) in [5, 5.41) is 17.7. The topological polar surface area (TPSA) is 114 Å². The lowest BCUT2D eigenvalue weighted by molar-refractivity contribution is -0.176. The van der Waals surface area contributed by atoms with E-state index in [2.05, 4.69) is 5.09 Å². The molecule has 30 heavy (non-hydrogen) atoms. The van der Waals surface area contributed by atoms with E-state index >= 15 is 0 Å². The molecule has 0 heterocycles. The zero-order valence-electron chi connectivity index (χ0n) is 16.7. The summed E-state index contributed by atoms with van der Waals surface area (Å²) in [5.41, 5.74) is 0. The van der Waals surface area contributed by atoms with Gasteiger partial charge in [-0.3, -0.25) is 9.32 Å². The van der Waals surface area contributed by atoms with Crippen molar-refractivity contribution in [2.75, 3.05) is 6.61 Å². The Morgan fingerprint density at radius 3 is 2.47 bits per heavy atom. The summed E-state index contributed by atoms with van der Waals surface area (Å²) < 4.78 is 43.0. The first kappa shape index (κ1) is 24.9. The number of aliphatic hydroxyl groups is 2. The molecule has 162 valence electrons. The lowest BCUT2D eigenvalue weighted by atomic mass is 9.61. The highest BCUT2D eigenvalue weighted by Crippen LogP contribution is 2.49. The second-order valence-electron chi connectivity index (χ2n) is 7.25. The van der Waals surface area contributed by atoms with Gasteiger partial charge in [-0.05, 0) is 44.7 Å². The van der Waals surface area contributed by atoms with Crippen molar-refractivity contribution in [3.63, 3.8) is 0 Å². The standard InChI is InChI=1S/C18H25B2FNO7P/c1-13(16(24)27-14-8-4-2-5-9-14)22-30(26,28-15-10-6-3-7-11-15)29-18(19,20)17(21,25)12-23/h3,6-7,10-11,13-14,23,25H,2,4-5,8-9,12H2,1H3,(H,22,26)/t13?,17-,30?/m0/s1. The molecular weight excluding hydrogens is 414 g/mol. The molecule has 1 saturated carbocycles. The number of halogens is 1. The van der Waals surface area contributed by atoms with Crippen molar-refractivity contribution < 1.29 is 37.7 Å². The molecule has 8 nitrogen and oxygen atoms in total. The van der Waals surface area contributed by atoms with Gasteiger partial charge in [0.15, 0.2) is 0 Å². The highest BCUT2D eigenvalue weighted by atomic mass is 31.2. The Bertz CT molecular complexity index is 747. The van der Waals surface area contributed by atoms with E-state index in [9.17, 15) is 18.9 Å². The normalized spacial score (nSPS) is 20.5. The van der Waals surface area contributed by atoms with Crippen molar-refractivity contribution >= 4 is 29.4 Å². The number of rotatable bonds is 10. The molecule has 1 aliphatic rings. The summed E-state index contributed by atoms with van der Waals surface area (Å²) in [6, 6.07) is 6.43. The Kier molecular flexibility index (Phi) is 8.53. The van der Waals surface area contributed by atoms with Crippen LogP contribution >= 0.6 is 7.75 Å². The number of ether oxygens (including phenoxy) is 1. The van der Waals surface area contributed by atoms with Crippen molar-refractivity contribution in [2.45, 2.75) is 62.4 Å². The van der Waals surface area contributed by atoms with Crippen LogP contribution in [0.1, 0.15) is 39.0 Å². The summed E-state index contributed by atoms with van der Waals surface area (Å²) in [6.45, 7) is -0.192. The molecule has 0 saturated heterocycles. The van der Waals surface area contributed by atoms with Crippen LogP contribution in [0.3, 0.4) is 0 Å². The van der Waals surface area contributed by atoms with Gasteiger partial charge in [0.1, 0.15) is 40.2 Å². The van der Waals surface area contributed by atoms with Gasteiger partial charge in [0.2, 0.25) is 5.85 Å². The fourth-order valence-electron chi connectivity index (χ4n) is 2.82. The van der Waals surface area contributed by atoms with Crippen LogP contribution < -0.4 is 9.61 Å². The van der Waals surface area contributed by atoms with Crippen molar-refractivity contribution in [3.05, 3.63) is 30.3 Å². The minimum atomic E-state index is -4.65. The average molecular weight is 439 g/mol. The molecule has 0 spiro atoms. The molecule has 12 heteroatoms. The Morgan fingerprint density at radius 1 is 1.30 bits per heavy atom. The molecule has 3 N–H and O–H groups in total. The van der Waals surface area contributed by atoms with Gasteiger partial charge in [0, 0.05) is 0 Å². The maximum atomic E-state index is 14.1. The van der Waals surface area contributed by atoms with E-state index in [0.717, 1.165) is 32.1 Å². The number of aliphatic hydroxyl groups excluding tert-OH is 1. The number of carbonyl (C=O) groups is 1. The van der Waals surface area contributed by atoms with Gasteiger partial charge in [-0.1, -0.05) is 24.6 Å². The van der Waals surface area contributed by atoms with Crippen molar-refractivity contribution in [1.29, 1.82) is 0 Å². The number of hydrogen-bond acceptors (Lipinski definition) is 7. The molecule has 3 atom stereocenters. The van der Waals surface area contributed by atoms with E-state index in [4.69, 9.17) is 34.6 Å². The van der Waals surface area contributed by atoms with Crippen LogP contribution in [-0.2, 0) is 18.6 Å². The Hall–Kier alpha value is -1.38. The summed E-state index contributed by atoms with van der Waals surface area (Å²) in [6.07, 6.45) is 4.16. The first-order valence-corrected chi connectivity index (χ1v) is 11.2. The SMILES string of the molecule is [B]C([B])(OP(=O)(NC(C)C(=O)OC1CCCCC1)Oc1ccccc1)[C@](O)(F)CO. The van der Waals surface area contributed by atoms with Crippen LogP contribution in [0.15, 0.2) is 30.3 Å². The molecule has 0 amide bonds. The number of nitrogens with one attached hydrogen (secondary N) is 1. The van der Waals surface area contributed by atoms with Crippen LogP contribution in [-0.4, -0.2) is 61.9 Å². The van der Waals surface area contributed by atoms with Crippen LogP contribution in [0.2, 0.25) is 0 Å². The fraction of sp³-hybridized carbons (Fsp3) is 0.611. The number of alkyl halides is 1. The molecular formula is C18H25B2FNO7P. The third-order valence-corrected chi connectivity index (χ3v) is 6.29. The Balaban J connectivity index is 2.17. The monoisotopic (exact) mass is 439 g/mol. The molecule has 0 aliphatic heterocycles. The van der Waals surface area contributed by atoms with E-state index in [-0.39, 0.29) is 11.9 Å². The molecule has 1 aromatic carbocycles. The molecule has 4 radical (unpaired) electrons. The maximum Gasteiger partial charge on any atom is 0.458 e. The number of benzene rings is 1. The Labute approximate surface area is 177 Å². The van der Waals surface area contributed by atoms with Crippen LogP contribution in [0, 0.1) is 0 Å². The lowest BCUT2D eigenvalue weighted by Crippen LogP contribution is -2.57. The lowest BCUT2D eigenvalue weighted by Gasteiger charge is -2.38. The summed E-state index contributed by atoms with van der Waals surface area (Å²) in [4.78, 5) is 12.4. The van der Waals surface area contributed by atoms with E-state index in [1.807, 2.05) is 0 Å². The molecule has 0 aromatic heterocycles. The van der Waals surface area contributed by atoms with Gasteiger partial charge in [0.25, 0.3) is 0 Å².